The predicted octanol–water partition coefficient (Wildman–Crippen LogP) is 3.18. The van der Waals surface area contributed by atoms with Crippen LogP contribution in [0.4, 0.5) is 10.5 Å². The third kappa shape index (κ3) is 4.40. The average molecular weight is 372 g/mol. The molecule has 1 heterocycles. The molecule has 1 atom stereocenters. The van der Waals surface area contributed by atoms with Crippen LogP contribution in [-0.2, 0) is 16.1 Å². The number of benzene rings is 2. The number of urea groups is 1. The minimum atomic E-state index is -0.684. The number of rotatable bonds is 6. The summed E-state index contributed by atoms with van der Waals surface area (Å²) in [6.07, 6.45) is 0.352. The van der Waals surface area contributed by atoms with Crippen molar-refractivity contribution in [3.05, 3.63) is 65.2 Å². The zero-order valence-corrected chi connectivity index (χ0v) is 14.7. The number of nitrogens with one attached hydrogen (secondary N) is 2. The Bertz CT molecular complexity index is 826. The van der Waals surface area contributed by atoms with E-state index in [0.29, 0.717) is 10.7 Å². The maximum absolute atomic E-state index is 12.4. The lowest BCUT2D eigenvalue weighted by molar-refractivity contribution is -0.128. The van der Waals surface area contributed by atoms with Gasteiger partial charge in [0.2, 0.25) is 5.91 Å². The van der Waals surface area contributed by atoms with Crippen molar-refractivity contribution in [1.82, 2.24) is 10.2 Å². The Kier molecular flexibility index (Phi) is 5.53. The van der Waals surface area contributed by atoms with Crippen molar-refractivity contribution >= 4 is 35.1 Å². The Morgan fingerprint density at radius 1 is 1.12 bits per heavy atom. The molecule has 3 rings (SSSR count). The zero-order chi connectivity index (χ0) is 18.5. The fourth-order valence-electron chi connectivity index (χ4n) is 2.75. The molecule has 0 saturated carbocycles. The second-order valence-electron chi connectivity index (χ2n) is 6.01. The van der Waals surface area contributed by atoms with Crippen LogP contribution in [0.25, 0.3) is 0 Å². The average Bonchev–Trinajstić information content (AvgIpc) is 2.88. The first-order valence-corrected chi connectivity index (χ1v) is 8.62. The van der Waals surface area contributed by atoms with Crippen LogP contribution >= 0.6 is 11.6 Å². The van der Waals surface area contributed by atoms with Crippen LogP contribution < -0.4 is 10.6 Å². The summed E-state index contributed by atoms with van der Waals surface area (Å²) in [4.78, 5) is 37.7. The van der Waals surface area contributed by atoms with Gasteiger partial charge in [-0.25, -0.2) is 4.79 Å². The van der Waals surface area contributed by atoms with E-state index in [9.17, 15) is 14.4 Å². The molecule has 6 nitrogen and oxygen atoms in total. The quantitative estimate of drug-likeness (QED) is 0.765. The standard InChI is InChI=1S/C19H18ClN3O3/c20-14-7-4-8-15(11-14)21-17(24)10-9-16-18(25)23(19(26)22-16)12-13-5-2-1-3-6-13/h1-8,11,16H,9-10,12H2,(H,21,24)(H,22,26)/t16-/m1/s1. The molecule has 0 aromatic heterocycles. The Hall–Kier alpha value is -2.86. The van der Waals surface area contributed by atoms with E-state index in [1.165, 1.54) is 4.90 Å². The molecule has 2 N–H and O–H groups in total. The van der Waals surface area contributed by atoms with Crippen molar-refractivity contribution in [2.45, 2.75) is 25.4 Å². The highest BCUT2D eigenvalue weighted by molar-refractivity contribution is 6.30. The second kappa shape index (κ2) is 8.01. The summed E-state index contributed by atoms with van der Waals surface area (Å²) in [5, 5.41) is 5.89. The highest BCUT2D eigenvalue weighted by Crippen LogP contribution is 2.17. The molecule has 4 amide bonds. The van der Waals surface area contributed by atoms with Gasteiger partial charge >= 0.3 is 6.03 Å². The van der Waals surface area contributed by atoms with Crippen LogP contribution in [0.15, 0.2) is 54.6 Å². The van der Waals surface area contributed by atoms with E-state index in [1.807, 2.05) is 30.3 Å². The number of anilines is 1. The number of imide groups is 1. The molecule has 2 aromatic carbocycles. The number of halogens is 1. The molecule has 7 heteroatoms. The summed E-state index contributed by atoms with van der Waals surface area (Å²) in [6.45, 7) is 0.219. The lowest BCUT2D eigenvalue weighted by atomic mass is 10.1. The Balaban J connectivity index is 1.53. The Morgan fingerprint density at radius 3 is 2.62 bits per heavy atom. The maximum Gasteiger partial charge on any atom is 0.325 e. The van der Waals surface area contributed by atoms with Gasteiger partial charge in [0.25, 0.3) is 5.91 Å². The number of amides is 4. The first-order valence-electron chi connectivity index (χ1n) is 8.24. The summed E-state index contributed by atoms with van der Waals surface area (Å²) in [5.41, 5.74) is 1.46. The van der Waals surface area contributed by atoms with Crippen molar-refractivity contribution in [2.75, 3.05) is 5.32 Å². The van der Waals surface area contributed by atoms with Crippen molar-refractivity contribution in [2.24, 2.45) is 0 Å². The molecule has 1 fully saturated rings. The van der Waals surface area contributed by atoms with Crippen LogP contribution in [0.2, 0.25) is 5.02 Å². The van der Waals surface area contributed by atoms with Crippen molar-refractivity contribution in [3.63, 3.8) is 0 Å². The van der Waals surface area contributed by atoms with E-state index in [-0.39, 0.29) is 31.2 Å². The molecule has 26 heavy (non-hydrogen) atoms. The first-order chi connectivity index (χ1) is 12.5. The number of carbonyl (C=O) groups is 3. The van der Waals surface area contributed by atoms with Gasteiger partial charge in [0.15, 0.2) is 0 Å². The summed E-state index contributed by atoms with van der Waals surface area (Å²) < 4.78 is 0. The lowest BCUT2D eigenvalue weighted by Gasteiger charge is -2.13. The van der Waals surface area contributed by atoms with Gasteiger partial charge in [-0.15, -0.1) is 0 Å². The summed E-state index contributed by atoms with van der Waals surface area (Å²) >= 11 is 5.88. The van der Waals surface area contributed by atoms with E-state index in [1.54, 1.807) is 24.3 Å². The molecular formula is C19H18ClN3O3. The zero-order valence-electron chi connectivity index (χ0n) is 13.9. The van der Waals surface area contributed by atoms with E-state index in [2.05, 4.69) is 10.6 Å². The fourth-order valence-corrected chi connectivity index (χ4v) is 2.94. The third-order valence-corrected chi connectivity index (χ3v) is 4.29. The second-order valence-corrected chi connectivity index (χ2v) is 6.45. The molecule has 1 saturated heterocycles. The van der Waals surface area contributed by atoms with E-state index >= 15 is 0 Å². The van der Waals surface area contributed by atoms with Crippen LogP contribution in [-0.4, -0.2) is 28.8 Å². The van der Waals surface area contributed by atoms with Gasteiger partial charge in [0.1, 0.15) is 6.04 Å². The Labute approximate surface area is 156 Å². The molecule has 0 aliphatic carbocycles. The maximum atomic E-state index is 12.4. The number of nitrogens with zero attached hydrogens (tertiary/aromatic N) is 1. The predicted molar refractivity (Wildman–Crippen MR) is 98.6 cm³/mol. The minimum Gasteiger partial charge on any atom is -0.326 e. The van der Waals surface area contributed by atoms with Gasteiger partial charge in [-0.1, -0.05) is 48.0 Å². The monoisotopic (exact) mass is 371 g/mol. The van der Waals surface area contributed by atoms with Gasteiger partial charge in [0, 0.05) is 17.1 Å². The van der Waals surface area contributed by atoms with Crippen LogP contribution in [0.1, 0.15) is 18.4 Å². The SMILES string of the molecule is O=C(CC[C@H]1NC(=O)N(Cc2ccccc2)C1=O)Nc1cccc(Cl)c1. The number of hydrogen-bond acceptors (Lipinski definition) is 3. The van der Waals surface area contributed by atoms with Gasteiger partial charge in [-0.05, 0) is 30.2 Å². The first kappa shape index (κ1) is 17.9. The normalized spacial score (nSPS) is 16.5. The van der Waals surface area contributed by atoms with Gasteiger partial charge < -0.3 is 10.6 Å². The molecule has 0 radical (unpaired) electrons. The summed E-state index contributed by atoms with van der Waals surface area (Å²) in [6, 6.07) is 15.0. The van der Waals surface area contributed by atoms with Gasteiger partial charge in [-0.2, -0.15) is 0 Å². The van der Waals surface area contributed by atoms with E-state index < -0.39 is 12.1 Å². The topological polar surface area (TPSA) is 78.5 Å². The van der Waals surface area contributed by atoms with Crippen molar-refractivity contribution in [1.29, 1.82) is 0 Å². The molecule has 2 aromatic rings. The van der Waals surface area contributed by atoms with E-state index in [4.69, 9.17) is 11.6 Å². The number of carbonyl (C=O) groups excluding carboxylic acids is 3. The van der Waals surface area contributed by atoms with Crippen LogP contribution in [0, 0.1) is 0 Å². The molecule has 0 bridgehead atoms. The minimum absolute atomic E-state index is 0.113. The molecule has 134 valence electrons. The van der Waals surface area contributed by atoms with Crippen molar-refractivity contribution < 1.29 is 14.4 Å². The number of hydrogen-bond donors (Lipinski definition) is 2. The fraction of sp³-hybridized carbons (Fsp3) is 0.211. The molecule has 1 aliphatic heterocycles. The summed E-state index contributed by atoms with van der Waals surface area (Å²) in [7, 11) is 0. The summed E-state index contributed by atoms with van der Waals surface area (Å²) in [5.74, 6) is -0.551. The molecule has 0 unspecified atom stereocenters. The van der Waals surface area contributed by atoms with Crippen LogP contribution in [0.5, 0.6) is 0 Å². The lowest BCUT2D eigenvalue weighted by Crippen LogP contribution is -2.31. The largest absolute Gasteiger partial charge is 0.326 e. The van der Waals surface area contributed by atoms with Gasteiger partial charge in [0.05, 0.1) is 6.54 Å². The van der Waals surface area contributed by atoms with E-state index in [0.717, 1.165) is 5.56 Å². The highest BCUT2D eigenvalue weighted by Gasteiger charge is 2.37. The van der Waals surface area contributed by atoms with Crippen LogP contribution in [0.3, 0.4) is 0 Å². The highest BCUT2D eigenvalue weighted by atomic mass is 35.5. The van der Waals surface area contributed by atoms with Gasteiger partial charge in [-0.3, -0.25) is 14.5 Å². The third-order valence-electron chi connectivity index (χ3n) is 4.06. The Morgan fingerprint density at radius 2 is 1.88 bits per heavy atom. The van der Waals surface area contributed by atoms with Crippen molar-refractivity contribution in [3.8, 4) is 0 Å². The molecule has 0 spiro atoms. The smallest absolute Gasteiger partial charge is 0.325 e. The molecular weight excluding hydrogens is 354 g/mol. The molecule has 1 aliphatic rings.